The fourth-order valence-corrected chi connectivity index (χ4v) is 3.01. The summed E-state index contributed by atoms with van der Waals surface area (Å²) in [5.74, 6) is -0.952. The molecule has 6 heteroatoms. The summed E-state index contributed by atoms with van der Waals surface area (Å²) in [5, 5.41) is 5.92. The first-order valence-electron chi connectivity index (χ1n) is 8.68. The van der Waals surface area contributed by atoms with Crippen LogP contribution in [0.2, 0.25) is 0 Å². The predicted octanol–water partition coefficient (Wildman–Crippen LogP) is 4.95. The van der Waals surface area contributed by atoms with Crippen LogP contribution in [0.4, 0.5) is 17.1 Å². The highest BCUT2D eigenvalue weighted by atomic mass is 32.2. The van der Waals surface area contributed by atoms with E-state index in [0.717, 1.165) is 10.6 Å². The molecule has 0 aliphatic rings. The van der Waals surface area contributed by atoms with Gasteiger partial charge in [-0.2, -0.15) is 0 Å². The standard InChI is InChI=1S/C22H20N2O3S/c1-28-18-11-7-10-17(14-18)24-21(25)15-27-22(26)19-12-5-6-13-20(19)23-16-8-3-2-4-9-16/h2-14,23H,15H2,1H3,(H,24,25). The Balaban J connectivity index is 1.61. The minimum absolute atomic E-state index is 0.359. The molecule has 0 radical (unpaired) electrons. The van der Waals surface area contributed by atoms with Gasteiger partial charge in [-0.15, -0.1) is 11.8 Å². The Morgan fingerprint density at radius 1 is 0.893 bits per heavy atom. The lowest BCUT2D eigenvalue weighted by atomic mass is 10.1. The second-order valence-electron chi connectivity index (χ2n) is 5.89. The molecule has 0 bridgehead atoms. The fourth-order valence-electron chi connectivity index (χ4n) is 2.55. The molecular formula is C22H20N2O3S. The average Bonchev–Trinajstić information content (AvgIpc) is 2.73. The Morgan fingerprint density at radius 3 is 2.39 bits per heavy atom. The van der Waals surface area contributed by atoms with Gasteiger partial charge in [0, 0.05) is 16.3 Å². The Labute approximate surface area is 168 Å². The number of carbonyl (C=O) groups excluding carboxylic acids is 2. The van der Waals surface area contributed by atoms with Gasteiger partial charge in [0.2, 0.25) is 0 Å². The first-order valence-corrected chi connectivity index (χ1v) is 9.90. The summed E-state index contributed by atoms with van der Waals surface area (Å²) < 4.78 is 5.20. The number of esters is 1. The molecule has 0 atom stereocenters. The zero-order valence-electron chi connectivity index (χ0n) is 15.3. The molecule has 0 saturated carbocycles. The van der Waals surface area contributed by atoms with Gasteiger partial charge < -0.3 is 15.4 Å². The maximum Gasteiger partial charge on any atom is 0.340 e. The van der Waals surface area contributed by atoms with Crippen LogP contribution in [0.5, 0.6) is 0 Å². The second kappa shape index (κ2) is 9.62. The van der Waals surface area contributed by atoms with Crippen molar-refractivity contribution in [1.29, 1.82) is 0 Å². The van der Waals surface area contributed by atoms with Crippen molar-refractivity contribution in [2.24, 2.45) is 0 Å². The third-order valence-corrected chi connectivity index (χ3v) is 4.61. The van der Waals surface area contributed by atoms with Crippen molar-refractivity contribution in [3.05, 3.63) is 84.4 Å². The van der Waals surface area contributed by atoms with Crippen molar-refractivity contribution in [3.63, 3.8) is 0 Å². The maximum absolute atomic E-state index is 12.5. The molecule has 3 rings (SSSR count). The molecule has 5 nitrogen and oxygen atoms in total. The highest BCUT2D eigenvalue weighted by Crippen LogP contribution is 2.22. The lowest BCUT2D eigenvalue weighted by molar-refractivity contribution is -0.119. The monoisotopic (exact) mass is 392 g/mol. The molecule has 3 aromatic carbocycles. The SMILES string of the molecule is CSc1cccc(NC(=O)COC(=O)c2ccccc2Nc2ccccc2)c1. The summed E-state index contributed by atoms with van der Waals surface area (Å²) in [4.78, 5) is 25.6. The summed E-state index contributed by atoms with van der Waals surface area (Å²) in [6.07, 6.45) is 1.96. The Hall–Kier alpha value is -3.25. The number of hydrogen-bond donors (Lipinski definition) is 2. The summed E-state index contributed by atoms with van der Waals surface area (Å²) in [5.41, 5.74) is 2.50. The maximum atomic E-state index is 12.5. The van der Waals surface area contributed by atoms with Gasteiger partial charge >= 0.3 is 5.97 Å². The van der Waals surface area contributed by atoms with E-state index in [1.54, 1.807) is 36.0 Å². The van der Waals surface area contributed by atoms with E-state index >= 15 is 0 Å². The molecule has 0 unspecified atom stereocenters. The topological polar surface area (TPSA) is 67.4 Å². The van der Waals surface area contributed by atoms with Crippen LogP contribution in [0.15, 0.2) is 83.8 Å². The largest absolute Gasteiger partial charge is 0.452 e. The average molecular weight is 392 g/mol. The minimum atomic E-state index is -0.563. The van der Waals surface area contributed by atoms with Gasteiger partial charge in [0.1, 0.15) is 0 Å². The molecule has 0 fully saturated rings. The van der Waals surface area contributed by atoms with Gasteiger partial charge in [-0.3, -0.25) is 4.79 Å². The number of anilines is 3. The molecule has 0 spiro atoms. The number of thioether (sulfide) groups is 1. The van der Waals surface area contributed by atoms with Crippen LogP contribution in [0.3, 0.4) is 0 Å². The van der Waals surface area contributed by atoms with Crippen molar-refractivity contribution >= 4 is 40.7 Å². The van der Waals surface area contributed by atoms with Gasteiger partial charge in [0.25, 0.3) is 5.91 Å². The number of rotatable bonds is 7. The van der Waals surface area contributed by atoms with Crippen LogP contribution in [0.1, 0.15) is 10.4 Å². The third kappa shape index (κ3) is 5.37. The van der Waals surface area contributed by atoms with Crippen LogP contribution < -0.4 is 10.6 Å². The number of benzene rings is 3. The van der Waals surface area contributed by atoms with E-state index < -0.39 is 5.97 Å². The Kier molecular flexibility index (Phi) is 6.70. The van der Waals surface area contributed by atoms with E-state index in [2.05, 4.69) is 10.6 Å². The molecule has 2 N–H and O–H groups in total. The van der Waals surface area contributed by atoms with Crippen LogP contribution in [0.25, 0.3) is 0 Å². The lowest BCUT2D eigenvalue weighted by Gasteiger charge is -2.12. The summed E-state index contributed by atoms with van der Waals surface area (Å²) >= 11 is 1.58. The highest BCUT2D eigenvalue weighted by molar-refractivity contribution is 7.98. The number of carbonyl (C=O) groups is 2. The molecule has 28 heavy (non-hydrogen) atoms. The minimum Gasteiger partial charge on any atom is -0.452 e. The van der Waals surface area contributed by atoms with E-state index in [9.17, 15) is 9.59 Å². The molecule has 1 amide bonds. The molecule has 0 aromatic heterocycles. The van der Waals surface area contributed by atoms with Gasteiger partial charge in [0.05, 0.1) is 11.3 Å². The molecule has 0 aliphatic carbocycles. The van der Waals surface area contributed by atoms with Crippen molar-refractivity contribution in [1.82, 2.24) is 0 Å². The van der Waals surface area contributed by atoms with E-state index in [1.165, 1.54) is 0 Å². The van der Waals surface area contributed by atoms with Crippen molar-refractivity contribution < 1.29 is 14.3 Å². The number of para-hydroxylation sites is 2. The van der Waals surface area contributed by atoms with E-state index in [1.807, 2.05) is 60.9 Å². The zero-order valence-corrected chi connectivity index (χ0v) is 16.2. The van der Waals surface area contributed by atoms with E-state index in [-0.39, 0.29) is 12.5 Å². The number of amides is 1. The first-order chi connectivity index (χ1) is 13.7. The van der Waals surface area contributed by atoms with Crippen LogP contribution in [-0.2, 0) is 9.53 Å². The smallest absolute Gasteiger partial charge is 0.340 e. The van der Waals surface area contributed by atoms with Crippen molar-refractivity contribution in [2.75, 3.05) is 23.5 Å². The number of nitrogens with one attached hydrogen (secondary N) is 2. The van der Waals surface area contributed by atoms with Gasteiger partial charge in [-0.1, -0.05) is 36.4 Å². The van der Waals surface area contributed by atoms with Gasteiger partial charge in [0.15, 0.2) is 6.61 Å². The van der Waals surface area contributed by atoms with Gasteiger partial charge in [-0.05, 0) is 48.7 Å². The van der Waals surface area contributed by atoms with E-state index in [0.29, 0.717) is 16.9 Å². The van der Waals surface area contributed by atoms with Gasteiger partial charge in [-0.25, -0.2) is 4.79 Å². The highest BCUT2D eigenvalue weighted by Gasteiger charge is 2.14. The summed E-state index contributed by atoms with van der Waals surface area (Å²) in [6.45, 7) is -0.359. The molecule has 0 saturated heterocycles. The lowest BCUT2D eigenvalue weighted by Crippen LogP contribution is -2.21. The van der Waals surface area contributed by atoms with Crippen molar-refractivity contribution in [3.8, 4) is 0 Å². The predicted molar refractivity (Wildman–Crippen MR) is 113 cm³/mol. The molecule has 3 aromatic rings. The number of hydrogen-bond acceptors (Lipinski definition) is 5. The Bertz CT molecular complexity index is 961. The first kappa shape index (κ1) is 19.5. The molecule has 142 valence electrons. The normalized spacial score (nSPS) is 10.2. The summed E-state index contributed by atoms with van der Waals surface area (Å²) in [6, 6.07) is 24.0. The van der Waals surface area contributed by atoms with Crippen molar-refractivity contribution in [2.45, 2.75) is 4.90 Å². The van der Waals surface area contributed by atoms with E-state index in [4.69, 9.17) is 4.74 Å². The molecule has 0 heterocycles. The Morgan fingerprint density at radius 2 is 1.61 bits per heavy atom. The van der Waals surface area contributed by atoms with Crippen LogP contribution >= 0.6 is 11.8 Å². The summed E-state index contributed by atoms with van der Waals surface area (Å²) in [7, 11) is 0. The van der Waals surface area contributed by atoms with Crippen LogP contribution in [-0.4, -0.2) is 24.7 Å². The number of ether oxygens (including phenoxy) is 1. The fraction of sp³-hybridized carbons (Fsp3) is 0.0909. The molecular weight excluding hydrogens is 372 g/mol. The third-order valence-electron chi connectivity index (χ3n) is 3.89. The quantitative estimate of drug-likeness (QED) is 0.440. The second-order valence-corrected chi connectivity index (χ2v) is 6.77. The van der Waals surface area contributed by atoms with Crippen LogP contribution in [0, 0.1) is 0 Å². The molecule has 0 aliphatic heterocycles. The zero-order chi connectivity index (χ0) is 19.8.